The Kier molecular flexibility index (Phi) is 7.63. The largest absolute Gasteiger partial charge is 0.508 e. The van der Waals surface area contributed by atoms with E-state index in [1.54, 1.807) is 25.1 Å². The molecule has 160 valence electrons. The number of aryl methyl sites for hydroxylation is 1. The van der Waals surface area contributed by atoms with E-state index < -0.39 is 6.10 Å². The van der Waals surface area contributed by atoms with E-state index in [4.69, 9.17) is 4.74 Å². The van der Waals surface area contributed by atoms with Crippen LogP contribution in [0, 0.1) is 0 Å². The number of carbonyl (C=O) groups is 1. The molecular weight excluding hydrogens is 382 g/mol. The molecule has 0 bridgehead atoms. The van der Waals surface area contributed by atoms with Gasteiger partial charge in [-0.25, -0.2) is 4.79 Å². The van der Waals surface area contributed by atoms with Crippen LogP contribution in [0.15, 0.2) is 42.5 Å². The Morgan fingerprint density at radius 2 is 2.10 bits per heavy atom. The van der Waals surface area contributed by atoms with Crippen LogP contribution in [0.1, 0.15) is 47.3 Å². The number of hydrogen-bond acceptors (Lipinski definition) is 6. The number of carbonyl (C=O) groups excluding carboxylic acids is 1. The molecule has 0 heterocycles. The van der Waals surface area contributed by atoms with Crippen molar-refractivity contribution in [1.82, 2.24) is 5.32 Å². The normalized spacial score (nSPS) is 17.0. The van der Waals surface area contributed by atoms with Crippen LogP contribution in [0.25, 0.3) is 6.08 Å². The Morgan fingerprint density at radius 3 is 2.87 bits per heavy atom. The molecule has 0 saturated heterocycles. The SMILES string of the molecule is CCOC(=O)/C=C/c1ccc2c(c1)C[C@@H](NCC(O)c1ccc(O)c(CO)c1)CC2. The van der Waals surface area contributed by atoms with Gasteiger partial charge >= 0.3 is 5.97 Å². The molecule has 4 N–H and O–H groups in total. The lowest BCUT2D eigenvalue weighted by atomic mass is 9.87. The van der Waals surface area contributed by atoms with Gasteiger partial charge in [-0.15, -0.1) is 0 Å². The third-order valence-electron chi connectivity index (χ3n) is 5.42. The van der Waals surface area contributed by atoms with Crippen molar-refractivity contribution in [1.29, 1.82) is 0 Å². The maximum atomic E-state index is 11.5. The predicted molar refractivity (Wildman–Crippen MR) is 115 cm³/mol. The van der Waals surface area contributed by atoms with E-state index in [0.29, 0.717) is 24.3 Å². The number of aliphatic hydroxyl groups is 2. The summed E-state index contributed by atoms with van der Waals surface area (Å²) in [6, 6.07) is 11.2. The van der Waals surface area contributed by atoms with E-state index in [-0.39, 0.29) is 24.4 Å². The lowest BCUT2D eigenvalue weighted by Gasteiger charge is -2.27. The summed E-state index contributed by atoms with van der Waals surface area (Å²) in [5.74, 6) is -0.319. The molecule has 0 spiro atoms. The van der Waals surface area contributed by atoms with Gasteiger partial charge < -0.3 is 25.4 Å². The van der Waals surface area contributed by atoms with Gasteiger partial charge in [-0.05, 0) is 66.6 Å². The van der Waals surface area contributed by atoms with Crippen molar-refractivity contribution in [3.63, 3.8) is 0 Å². The van der Waals surface area contributed by atoms with Crippen molar-refractivity contribution in [2.24, 2.45) is 0 Å². The molecule has 3 rings (SSSR count). The first-order chi connectivity index (χ1) is 14.5. The van der Waals surface area contributed by atoms with Crippen molar-refractivity contribution in [2.75, 3.05) is 13.2 Å². The summed E-state index contributed by atoms with van der Waals surface area (Å²) in [6.45, 7) is 2.25. The average molecular weight is 411 g/mol. The maximum Gasteiger partial charge on any atom is 0.330 e. The van der Waals surface area contributed by atoms with Gasteiger partial charge in [0.15, 0.2) is 0 Å². The Labute approximate surface area is 176 Å². The Morgan fingerprint density at radius 1 is 1.27 bits per heavy atom. The lowest BCUT2D eigenvalue weighted by molar-refractivity contribution is -0.137. The van der Waals surface area contributed by atoms with E-state index in [2.05, 4.69) is 17.4 Å². The minimum Gasteiger partial charge on any atom is -0.508 e. The number of nitrogens with one attached hydrogen (secondary N) is 1. The van der Waals surface area contributed by atoms with Crippen molar-refractivity contribution < 1.29 is 24.9 Å². The molecule has 6 heteroatoms. The second-order valence-corrected chi connectivity index (χ2v) is 7.52. The van der Waals surface area contributed by atoms with Crippen molar-refractivity contribution in [3.8, 4) is 5.75 Å². The summed E-state index contributed by atoms with van der Waals surface area (Å²) in [5, 5.41) is 32.9. The summed E-state index contributed by atoms with van der Waals surface area (Å²) in [6.07, 6.45) is 5.27. The number of esters is 1. The number of aromatic hydroxyl groups is 1. The molecule has 0 fully saturated rings. The van der Waals surface area contributed by atoms with Crippen LogP contribution in [0.2, 0.25) is 0 Å². The molecule has 1 unspecified atom stereocenters. The first-order valence-corrected chi connectivity index (χ1v) is 10.3. The number of rotatable bonds is 8. The zero-order valence-electron chi connectivity index (χ0n) is 17.2. The molecule has 1 aliphatic carbocycles. The quantitative estimate of drug-likeness (QED) is 0.394. The fourth-order valence-corrected chi connectivity index (χ4v) is 3.75. The molecular formula is C24H29NO5. The van der Waals surface area contributed by atoms with Crippen LogP contribution in [0.5, 0.6) is 5.75 Å². The number of benzene rings is 2. The molecule has 6 nitrogen and oxygen atoms in total. The first kappa shape index (κ1) is 22.0. The molecule has 0 aromatic heterocycles. The van der Waals surface area contributed by atoms with E-state index in [0.717, 1.165) is 24.8 Å². The molecule has 2 aromatic rings. The Bertz CT molecular complexity index is 908. The van der Waals surface area contributed by atoms with Gasteiger partial charge in [-0.3, -0.25) is 0 Å². The molecule has 0 radical (unpaired) electrons. The van der Waals surface area contributed by atoms with Gasteiger partial charge in [-0.1, -0.05) is 24.3 Å². The molecule has 0 aliphatic heterocycles. The zero-order valence-corrected chi connectivity index (χ0v) is 17.2. The highest BCUT2D eigenvalue weighted by Crippen LogP contribution is 2.25. The summed E-state index contributed by atoms with van der Waals surface area (Å²) < 4.78 is 4.92. The van der Waals surface area contributed by atoms with Crippen LogP contribution in [-0.2, 0) is 29.0 Å². The van der Waals surface area contributed by atoms with E-state index in [1.165, 1.54) is 23.3 Å². The standard InChI is InChI=1S/C24H29NO5/c1-2-30-24(29)10-4-16-3-5-17-6-8-21(13-19(17)11-16)25-14-23(28)18-7-9-22(27)20(12-18)15-26/h3-5,7,9-12,21,23,25-28H,2,6,8,13-15H2,1H3/b10-4+/t21-,23?/m0/s1. The van der Waals surface area contributed by atoms with Crippen LogP contribution in [0.3, 0.4) is 0 Å². The number of ether oxygens (including phenoxy) is 1. The van der Waals surface area contributed by atoms with Crippen LogP contribution in [0.4, 0.5) is 0 Å². The fourth-order valence-electron chi connectivity index (χ4n) is 3.75. The minimum absolute atomic E-state index is 0.0260. The molecule has 1 aliphatic rings. The fraction of sp³-hybridized carbons (Fsp3) is 0.375. The molecule has 2 atom stereocenters. The topological polar surface area (TPSA) is 99.0 Å². The van der Waals surface area contributed by atoms with Gasteiger partial charge in [0.25, 0.3) is 0 Å². The average Bonchev–Trinajstić information content (AvgIpc) is 2.76. The second-order valence-electron chi connectivity index (χ2n) is 7.52. The van der Waals surface area contributed by atoms with Gasteiger partial charge in [0.1, 0.15) is 5.75 Å². The molecule has 0 saturated carbocycles. The van der Waals surface area contributed by atoms with Crippen molar-refractivity contribution in [3.05, 3.63) is 70.3 Å². The van der Waals surface area contributed by atoms with Crippen LogP contribution < -0.4 is 5.32 Å². The molecule has 0 amide bonds. The lowest BCUT2D eigenvalue weighted by Crippen LogP contribution is -2.37. The smallest absolute Gasteiger partial charge is 0.330 e. The molecule has 2 aromatic carbocycles. The van der Waals surface area contributed by atoms with Crippen LogP contribution >= 0.6 is 0 Å². The Balaban J connectivity index is 1.59. The number of hydrogen-bond donors (Lipinski definition) is 4. The summed E-state index contributed by atoms with van der Waals surface area (Å²) in [7, 11) is 0. The van der Waals surface area contributed by atoms with E-state index >= 15 is 0 Å². The summed E-state index contributed by atoms with van der Waals surface area (Å²) >= 11 is 0. The van der Waals surface area contributed by atoms with E-state index in [9.17, 15) is 20.1 Å². The maximum absolute atomic E-state index is 11.5. The van der Waals surface area contributed by atoms with Crippen molar-refractivity contribution in [2.45, 2.75) is 44.9 Å². The highest BCUT2D eigenvalue weighted by atomic mass is 16.5. The van der Waals surface area contributed by atoms with Gasteiger partial charge in [0, 0.05) is 24.2 Å². The van der Waals surface area contributed by atoms with Crippen molar-refractivity contribution >= 4 is 12.0 Å². The first-order valence-electron chi connectivity index (χ1n) is 10.3. The van der Waals surface area contributed by atoms with Gasteiger partial charge in [-0.2, -0.15) is 0 Å². The summed E-state index contributed by atoms with van der Waals surface area (Å²) in [4.78, 5) is 11.5. The third kappa shape index (κ3) is 5.69. The number of fused-ring (bicyclic) bond motifs is 1. The highest BCUT2D eigenvalue weighted by molar-refractivity contribution is 5.87. The zero-order chi connectivity index (χ0) is 21.5. The highest BCUT2D eigenvalue weighted by Gasteiger charge is 2.20. The molecule has 30 heavy (non-hydrogen) atoms. The number of phenols is 1. The third-order valence-corrected chi connectivity index (χ3v) is 5.42. The predicted octanol–water partition coefficient (Wildman–Crippen LogP) is 2.64. The monoisotopic (exact) mass is 411 g/mol. The second kappa shape index (κ2) is 10.4. The summed E-state index contributed by atoms with van der Waals surface area (Å²) in [5.41, 5.74) is 4.58. The van der Waals surface area contributed by atoms with Gasteiger partial charge in [0.2, 0.25) is 0 Å². The Hall–Kier alpha value is -2.67. The number of aliphatic hydroxyl groups excluding tert-OH is 2. The van der Waals surface area contributed by atoms with E-state index in [1.807, 2.05) is 6.07 Å². The van der Waals surface area contributed by atoms with Gasteiger partial charge in [0.05, 0.1) is 19.3 Å². The minimum atomic E-state index is -0.726. The van der Waals surface area contributed by atoms with Crippen LogP contribution in [-0.4, -0.2) is 40.5 Å².